The number of halogens is 1. The number of aromatic amines is 1. The molecule has 3 heterocycles. The molecule has 2 atom stereocenters. The predicted octanol–water partition coefficient (Wildman–Crippen LogP) is 2.14. The van der Waals surface area contributed by atoms with Gasteiger partial charge in [0.05, 0.1) is 31.9 Å². The van der Waals surface area contributed by atoms with Crippen LogP contribution in [0.5, 0.6) is 5.75 Å². The zero-order valence-corrected chi connectivity index (χ0v) is 17.6. The third kappa shape index (κ3) is 3.78. The van der Waals surface area contributed by atoms with Gasteiger partial charge in [0, 0.05) is 49.3 Å². The monoisotopic (exact) mass is 422 g/mol. The number of sulfonamides is 1. The lowest BCUT2D eigenvalue weighted by molar-refractivity contribution is 0.0791. The molecule has 1 aromatic heterocycles. The Balaban J connectivity index is 1.55. The van der Waals surface area contributed by atoms with Crippen molar-refractivity contribution in [2.45, 2.75) is 13.0 Å². The van der Waals surface area contributed by atoms with E-state index in [0.29, 0.717) is 26.1 Å². The van der Waals surface area contributed by atoms with E-state index < -0.39 is 22.1 Å². The Bertz CT molecular complexity index is 980. The number of nitrogens with one attached hydrogen (secondary N) is 1. The highest BCUT2D eigenvalue weighted by Gasteiger charge is 2.51. The molecule has 0 spiro atoms. The van der Waals surface area contributed by atoms with Crippen LogP contribution in [-0.2, 0) is 16.6 Å². The van der Waals surface area contributed by atoms with E-state index in [4.69, 9.17) is 4.74 Å². The van der Waals surface area contributed by atoms with Gasteiger partial charge in [0.2, 0.25) is 10.0 Å². The number of ether oxygens (including phenoxy) is 1. The van der Waals surface area contributed by atoms with Crippen LogP contribution in [0.3, 0.4) is 0 Å². The first-order chi connectivity index (χ1) is 13.9. The molecule has 7 nitrogen and oxygen atoms in total. The predicted molar refractivity (Wildman–Crippen MR) is 109 cm³/mol. The fourth-order valence-corrected chi connectivity index (χ4v) is 5.73. The molecule has 1 aromatic carbocycles. The number of methoxy groups -OCH3 is 1. The molecule has 0 radical (unpaired) electrons. The standard InChI is InChI=1S/C20H27FN4O3S/c1-28-18-6-4-3-5-17(18)19-15(9-22-23-19)10-24-11-16-7-8-25(29(2,26)27)14-20(16,12-21)13-24/h3-6,9,16H,7-8,10-14H2,1-2H3,(H,22,23)/t16-,20-/m0/s1. The van der Waals surface area contributed by atoms with Gasteiger partial charge < -0.3 is 4.74 Å². The van der Waals surface area contributed by atoms with Gasteiger partial charge in [-0.3, -0.25) is 14.4 Å². The van der Waals surface area contributed by atoms with Gasteiger partial charge in [-0.2, -0.15) is 5.10 Å². The van der Waals surface area contributed by atoms with Crippen LogP contribution in [0.15, 0.2) is 30.5 Å². The molecule has 0 saturated carbocycles. The van der Waals surface area contributed by atoms with Crippen molar-refractivity contribution in [2.75, 3.05) is 46.2 Å². The van der Waals surface area contributed by atoms with Crippen molar-refractivity contribution in [2.24, 2.45) is 11.3 Å². The lowest BCUT2D eigenvalue weighted by Gasteiger charge is -2.41. The first kappa shape index (κ1) is 20.3. The molecule has 0 amide bonds. The Hall–Kier alpha value is -1.97. The van der Waals surface area contributed by atoms with Gasteiger partial charge in [0.15, 0.2) is 0 Å². The average molecular weight is 423 g/mol. The normalized spacial score (nSPS) is 25.8. The summed E-state index contributed by atoms with van der Waals surface area (Å²) >= 11 is 0. The van der Waals surface area contributed by atoms with E-state index in [1.165, 1.54) is 10.6 Å². The van der Waals surface area contributed by atoms with Crippen molar-refractivity contribution in [1.82, 2.24) is 19.4 Å². The highest BCUT2D eigenvalue weighted by molar-refractivity contribution is 7.88. The van der Waals surface area contributed by atoms with Crippen LogP contribution in [0.4, 0.5) is 4.39 Å². The van der Waals surface area contributed by atoms with Gasteiger partial charge in [-0.15, -0.1) is 0 Å². The van der Waals surface area contributed by atoms with Gasteiger partial charge in [-0.1, -0.05) is 12.1 Å². The molecule has 1 N–H and O–H groups in total. The minimum atomic E-state index is -3.31. The molecule has 2 aliphatic heterocycles. The van der Waals surface area contributed by atoms with Crippen molar-refractivity contribution in [3.63, 3.8) is 0 Å². The minimum absolute atomic E-state index is 0.159. The summed E-state index contributed by atoms with van der Waals surface area (Å²) in [5.41, 5.74) is 2.21. The van der Waals surface area contributed by atoms with Crippen molar-refractivity contribution < 1.29 is 17.5 Å². The summed E-state index contributed by atoms with van der Waals surface area (Å²) in [5.74, 6) is 0.921. The third-order valence-electron chi connectivity index (χ3n) is 6.32. The van der Waals surface area contributed by atoms with Gasteiger partial charge in [0.1, 0.15) is 5.75 Å². The third-order valence-corrected chi connectivity index (χ3v) is 7.57. The molecule has 2 fully saturated rings. The van der Waals surface area contributed by atoms with Gasteiger partial charge in [0.25, 0.3) is 0 Å². The molecule has 2 aromatic rings. The molecule has 2 saturated heterocycles. The van der Waals surface area contributed by atoms with E-state index >= 15 is 0 Å². The zero-order chi connectivity index (χ0) is 20.6. The summed E-state index contributed by atoms with van der Waals surface area (Å²) in [5, 5.41) is 7.29. The highest BCUT2D eigenvalue weighted by Crippen LogP contribution is 2.44. The maximum atomic E-state index is 14.2. The van der Waals surface area contributed by atoms with E-state index in [2.05, 4.69) is 15.1 Å². The fraction of sp³-hybridized carbons (Fsp3) is 0.550. The Labute approximate surface area is 170 Å². The largest absolute Gasteiger partial charge is 0.496 e. The minimum Gasteiger partial charge on any atom is -0.496 e. The van der Waals surface area contributed by atoms with E-state index in [0.717, 1.165) is 29.1 Å². The van der Waals surface area contributed by atoms with Crippen LogP contribution in [0.2, 0.25) is 0 Å². The van der Waals surface area contributed by atoms with Gasteiger partial charge in [-0.25, -0.2) is 12.7 Å². The summed E-state index contributed by atoms with van der Waals surface area (Å²) in [4.78, 5) is 2.22. The number of nitrogens with zero attached hydrogens (tertiary/aromatic N) is 3. The zero-order valence-electron chi connectivity index (χ0n) is 16.8. The first-order valence-corrected chi connectivity index (χ1v) is 11.6. The Morgan fingerprint density at radius 1 is 1.34 bits per heavy atom. The molecule has 0 bridgehead atoms. The van der Waals surface area contributed by atoms with Crippen molar-refractivity contribution in [3.8, 4) is 17.0 Å². The number of hydrogen-bond donors (Lipinski definition) is 1. The number of fused-ring (bicyclic) bond motifs is 1. The lowest BCUT2D eigenvalue weighted by atomic mass is 9.75. The summed E-state index contributed by atoms with van der Waals surface area (Å²) in [6, 6.07) is 7.75. The Morgan fingerprint density at radius 2 is 2.14 bits per heavy atom. The lowest BCUT2D eigenvalue weighted by Crippen LogP contribution is -2.51. The summed E-state index contributed by atoms with van der Waals surface area (Å²) < 4.78 is 45.1. The molecule has 158 valence electrons. The van der Waals surface area contributed by atoms with Crippen molar-refractivity contribution in [3.05, 3.63) is 36.0 Å². The number of rotatable bonds is 6. The maximum Gasteiger partial charge on any atom is 0.211 e. The van der Waals surface area contributed by atoms with Crippen LogP contribution < -0.4 is 4.74 Å². The number of aromatic nitrogens is 2. The van der Waals surface area contributed by atoms with Crippen LogP contribution in [0.25, 0.3) is 11.3 Å². The topological polar surface area (TPSA) is 78.5 Å². The molecule has 0 aliphatic carbocycles. The second-order valence-electron chi connectivity index (χ2n) is 8.22. The van der Waals surface area contributed by atoms with Gasteiger partial charge in [-0.05, 0) is 24.5 Å². The Morgan fingerprint density at radius 3 is 2.86 bits per heavy atom. The van der Waals surface area contributed by atoms with E-state index in [1.807, 2.05) is 24.3 Å². The van der Waals surface area contributed by atoms with E-state index in [9.17, 15) is 12.8 Å². The quantitative estimate of drug-likeness (QED) is 0.772. The smallest absolute Gasteiger partial charge is 0.211 e. The van der Waals surface area contributed by atoms with Crippen molar-refractivity contribution in [1.29, 1.82) is 0 Å². The van der Waals surface area contributed by atoms with E-state index in [-0.39, 0.29) is 12.5 Å². The van der Waals surface area contributed by atoms with Crippen molar-refractivity contribution >= 4 is 10.0 Å². The highest BCUT2D eigenvalue weighted by atomic mass is 32.2. The van der Waals surface area contributed by atoms with Crippen LogP contribution in [0.1, 0.15) is 12.0 Å². The van der Waals surface area contributed by atoms with Crippen LogP contribution in [0, 0.1) is 11.3 Å². The second-order valence-corrected chi connectivity index (χ2v) is 10.2. The molecular formula is C20H27FN4O3S. The molecule has 2 aliphatic rings. The number of H-pyrrole nitrogens is 1. The number of alkyl halides is 1. The Kier molecular flexibility index (Phi) is 5.39. The summed E-state index contributed by atoms with van der Waals surface area (Å²) in [7, 11) is -1.67. The molecule has 0 unspecified atom stereocenters. The van der Waals surface area contributed by atoms with Gasteiger partial charge >= 0.3 is 0 Å². The molecule has 29 heavy (non-hydrogen) atoms. The molecule has 4 rings (SSSR count). The number of piperidine rings is 1. The number of para-hydroxylation sites is 1. The SMILES string of the molecule is COc1ccccc1-c1[nH]ncc1CN1C[C@@H]2CCN(S(C)(=O)=O)C[C@]2(CF)C1. The summed E-state index contributed by atoms with van der Waals surface area (Å²) in [6.45, 7) is 2.15. The molecule has 9 heteroatoms. The van der Waals surface area contributed by atoms with E-state index in [1.54, 1.807) is 13.3 Å². The number of benzene rings is 1. The van der Waals surface area contributed by atoms with Crippen LogP contribution in [-0.4, -0.2) is 74.0 Å². The first-order valence-electron chi connectivity index (χ1n) is 9.75. The number of likely N-dealkylation sites (tertiary alicyclic amines) is 1. The fourth-order valence-electron chi connectivity index (χ4n) is 4.80. The number of hydrogen-bond acceptors (Lipinski definition) is 5. The second kappa shape index (κ2) is 7.70. The van der Waals surface area contributed by atoms with Crippen LogP contribution >= 0.6 is 0 Å². The molecular weight excluding hydrogens is 395 g/mol. The average Bonchev–Trinajstić information content (AvgIpc) is 3.31. The summed E-state index contributed by atoms with van der Waals surface area (Å²) in [6.07, 6.45) is 3.70. The maximum absolute atomic E-state index is 14.2.